The molecule has 0 bridgehead atoms. The minimum absolute atomic E-state index is 0.203. The zero-order valence-corrected chi connectivity index (χ0v) is 15.8. The first kappa shape index (κ1) is 20.1. The van der Waals surface area contributed by atoms with E-state index in [4.69, 9.17) is 11.6 Å². The molecule has 0 saturated carbocycles. The van der Waals surface area contributed by atoms with Gasteiger partial charge in [0.25, 0.3) is 0 Å². The van der Waals surface area contributed by atoms with Crippen molar-refractivity contribution in [1.29, 1.82) is 0 Å². The van der Waals surface area contributed by atoms with E-state index in [0.29, 0.717) is 31.5 Å². The molecule has 0 aromatic heterocycles. The van der Waals surface area contributed by atoms with Gasteiger partial charge in [-0.2, -0.15) is 13.2 Å². The molecule has 4 nitrogen and oxygen atoms in total. The molecule has 27 heavy (non-hydrogen) atoms. The number of hydrogen-bond donors (Lipinski definition) is 2. The van der Waals surface area contributed by atoms with E-state index in [9.17, 15) is 21.6 Å². The van der Waals surface area contributed by atoms with Crippen LogP contribution in [0.1, 0.15) is 18.4 Å². The predicted molar refractivity (Wildman–Crippen MR) is 98.1 cm³/mol. The van der Waals surface area contributed by atoms with Gasteiger partial charge in [0.2, 0.25) is 10.0 Å². The average molecular weight is 419 g/mol. The highest BCUT2D eigenvalue weighted by atomic mass is 35.5. The number of hydrogen-bond acceptors (Lipinski definition) is 3. The Morgan fingerprint density at radius 2 is 1.74 bits per heavy atom. The average Bonchev–Trinajstić information content (AvgIpc) is 2.61. The summed E-state index contributed by atoms with van der Waals surface area (Å²) < 4.78 is 68.5. The molecule has 1 saturated heterocycles. The fourth-order valence-corrected chi connectivity index (χ4v) is 4.83. The lowest BCUT2D eigenvalue weighted by Gasteiger charge is -2.24. The zero-order chi connectivity index (χ0) is 19.7. The highest BCUT2D eigenvalue weighted by Gasteiger charge is 2.38. The lowest BCUT2D eigenvalue weighted by molar-refractivity contribution is -0.139. The molecule has 0 unspecified atom stereocenters. The van der Waals surface area contributed by atoms with Gasteiger partial charge in [0.05, 0.1) is 10.5 Å². The van der Waals surface area contributed by atoms with Crippen LogP contribution in [-0.2, 0) is 16.2 Å². The highest BCUT2D eigenvalue weighted by molar-refractivity contribution is 7.89. The Morgan fingerprint density at radius 1 is 1.07 bits per heavy atom. The molecule has 0 aliphatic carbocycles. The third-order valence-corrected chi connectivity index (χ3v) is 6.33. The largest absolute Gasteiger partial charge is 0.417 e. The fourth-order valence-electron chi connectivity index (χ4n) is 3.07. The Hall–Kier alpha value is -1.61. The van der Waals surface area contributed by atoms with Crippen molar-refractivity contribution < 1.29 is 21.6 Å². The SMILES string of the molecule is O=S(=O)(NC1CCNCC1)c1ccc(-c2ccccc2Cl)cc1C(F)(F)F. The van der Waals surface area contributed by atoms with E-state index in [1.54, 1.807) is 24.3 Å². The molecule has 2 N–H and O–H groups in total. The Balaban J connectivity index is 2.03. The van der Waals surface area contributed by atoms with Gasteiger partial charge in [-0.3, -0.25) is 0 Å². The van der Waals surface area contributed by atoms with E-state index in [0.717, 1.165) is 12.1 Å². The fraction of sp³-hybridized carbons (Fsp3) is 0.333. The molecule has 1 aliphatic heterocycles. The van der Waals surface area contributed by atoms with Gasteiger partial charge in [-0.05, 0) is 49.7 Å². The summed E-state index contributed by atoms with van der Waals surface area (Å²) in [5.41, 5.74) is -0.602. The Bertz CT molecular complexity index is 926. The number of benzene rings is 2. The van der Waals surface area contributed by atoms with Crippen molar-refractivity contribution in [2.45, 2.75) is 30.0 Å². The predicted octanol–water partition coefficient (Wildman–Crippen LogP) is 4.06. The van der Waals surface area contributed by atoms with Crippen LogP contribution in [0.4, 0.5) is 13.2 Å². The van der Waals surface area contributed by atoms with E-state index < -0.39 is 26.7 Å². The third kappa shape index (κ3) is 4.63. The molecular weight excluding hydrogens is 401 g/mol. The second kappa shape index (κ2) is 7.79. The molecule has 2 aromatic rings. The van der Waals surface area contributed by atoms with E-state index in [2.05, 4.69) is 10.0 Å². The van der Waals surface area contributed by atoms with Crippen molar-refractivity contribution in [2.75, 3.05) is 13.1 Å². The molecule has 1 heterocycles. The molecule has 2 aromatic carbocycles. The summed E-state index contributed by atoms with van der Waals surface area (Å²) >= 11 is 6.07. The summed E-state index contributed by atoms with van der Waals surface area (Å²) in [7, 11) is -4.31. The summed E-state index contributed by atoms with van der Waals surface area (Å²) in [6.07, 6.45) is -3.77. The van der Waals surface area contributed by atoms with Crippen LogP contribution >= 0.6 is 11.6 Å². The van der Waals surface area contributed by atoms with Crippen LogP contribution in [0, 0.1) is 0 Å². The maximum Gasteiger partial charge on any atom is 0.417 e. The summed E-state index contributed by atoms with van der Waals surface area (Å²) in [6, 6.07) is 9.24. The first-order valence-electron chi connectivity index (χ1n) is 8.38. The first-order valence-corrected chi connectivity index (χ1v) is 10.2. The highest BCUT2D eigenvalue weighted by Crippen LogP contribution is 2.38. The molecule has 146 valence electrons. The molecule has 0 amide bonds. The smallest absolute Gasteiger partial charge is 0.317 e. The van der Waals surface area contributed by atoms with Gasteiger partial charge >= 0.3 is 6.18 Å². The lowest BCUT2D eigenvalue weighted by atomic mass is 10.0. The monoisotopic (exact) mass is 418 g/mol. The van der Waals surface area contributed by atoms with Gasteiger partial charge in [0, 0.05) is 16.6 Å². The van der Waals surface area contributed by atoms with Crippen molar-refractivity contribution in [3.8, 4) is 11.1 Å². The third-order valence-electron chi connectivity index (χ3n) is 4.42. The maximum atomic E-state index is 13.6. The van der Waals surface area contributed by atoms with Gasteiger partial charge in [0.15, 0.2) is 0 Å². The summed E-state index contributed by atoms with van der Waals surface area (Å²) in [6.45, 7) is 1.23. The standard InChI is InChI=1S/C18H18ClF3N2O2S/c19-16-4-2-1-3-14(16)12-5-6-17(15(11-12)18(20,21)22)27(25,26)24-13-7-9-23-10-8-13/h1-6,11,13,23-24H,7-10H2. The topological polar surface area (TPSA) is 58.2 Å². The number of piperidine rings is 1. The maximum absolute atomic E-state index is 13.6. The van der Waals surface area contributed by atoms with Gasteiger partial charge in [0.1, 0.15) is 0 Å². The molecular formula is C18H18ClF3N2O2S. The van der Waals surface area contributed by atoms with Crippen molar-refractivity contribution >= 4 is 21.6 Å². The number of alkyl halides is 3. The van der Waals surface area contributed by atoms with Crippen molar-refractivity contribution in [1.82, 2.24) is 10.0 Å². The minimum Gasteiger partial charge on any atom is -0.317 e. The molecule has 1 fully saturated rings. The molecule has 9 heteroatoms. The van der Waals surface area contributed by atoms with Crippen LogP contribution in [0.2, 0.25) is 5.02 Å². The molecule has 0 radical (unpaired) electrons. The number of rotatable bonds is 4. The first-order chi connectivity index (χ1) is 12.7. The van der Waals surface area contributed by atoms with E-state index in [1.807, 2.05) is 0 Å². The van der Waals surface area contributed by atoms with Crippen molar-refractivity contribution in [3.63, 3.8) is 0 Å². The quantitative estimate of drug-likeness (QED) is 0.787. The Kier molecular flexibility index (Phi) is 5.81. The van der Waals surface area contributed by atoms with E-state index >= 15 is 0 Å². The van der Waals surface area contributed by atoms with Gasteiger partial charge in [-0.15, -0.1) is 0 Å². The number of sulfonamides is 1. The van der Waals surface area contributed by atoms with Crippen molar-refractivity contribution in [2.24, 2.45) is 0 Å². The van der Waals surface area contributed by atoms with Crippen LogP contribution in [-0.4, -0.2) is 27.5 Å². The summed E-state index contributed by atoms with van der Waals surface area (Å²) in [5, 5.41) is 3.37. The molecule has 1 aliphatic rings. The second-order valence-corrected chi connectivity index (χ2v) is 8.42. The molecule has 0 atom stereocenters. The van der Waals surface area contributed by atoms with Gasteiger partial charge < -0.3 is 5.32 Å². The van der Waals surface area contributed by atoms with Crippen molar-refractivity contribution in [3.05, 3.63) is 53.1 Å². The van der Waals surface area contributed by atoms with Crippen LogP contribution in [0.3, 0.4) is 0 Å². The molecule has 3 rings (SSSR count). The Morgan fingerprint density at radius 3 is 2.37 bits per heavy atom. The summed E-state index contributed by atoms with van der Waals surface area (Å²) in [4.78, 5) is -0.774. The van der Waals surface area contributed by atoms with Crippen LogP contribution < -0.4 is 10.0 Å². The normalized spacial score (nSPS) is 16.4. The van der Waals surface area contributed by atoms with Crippen LogP contribution in [0.15, 0.2) is 47.4 Å². The Labute approximate surface area is 160 Å². The zero-order valence-electron chi connectivity index (χ0n) is 14.2. The number of nitrogens with one attached hydrogen (secondary N) is 2. The molecule has 0 spiro atoms. The van der Waals surface area contributed by atoms with Gasteiger partial charge in [-0.25, -0.2) is 13.1 Å². The lowest BCUT2D eigenvalue weighted by Crippen LogP contribution is -2.43. The number of halogens is 4. The van der Waals surface area contributed by atoms with Gasteiger partial charge in [-0.1, -0.05) is 35.9 Å². The second-order valence-electron chi connectivity index (χ2n) is 6.33. The van der Waals surface area contributed by atoms with E-state index in [-0.39, 0.29) is 16.6 Å². The van der Waals surface area contributed by atoms with Crippen LogP contribution in [0.25, 0.3) is 11.1 Å². The minimum atomic E-state index is -4.82. The van der Waals surface area contributed by atoms with Crippen LogP contribution in [0.5, 0.6) is 0 Å². The van der Waals surface area contributed by atoms with E-state index in [1.165, 1.54) is 6.07 Å². The summed E-state index contributed by atoms with van der Waals surface area (Å²) in [5.74, 6) is 0.